The predicted octanol–water partition coefficient (Wildman–Crippen LogP) is -1.30. The zero-order chi connectivity index (χ0) is 45.0. The highest BCUT2D eigenvalue weighted by Crippen LogP contribution is 2.34. The average molecular weight is 881 g/mol. The molecular weight excluding hydrogens is 818 g/mol. The van der Waals surface area contributed by atoms with E-state index in [0.717, 1.165) is 0 Å². The standard InChI is InChI=1S/C39H62F2N4O16/c1-26(47)42-12-15-57-17-19-59-21-20-58-18-16-56-14-10-31(50)43-11-4-2-3-5-13-60-39(38(54)55)23-29(48)34(45-33(52)25-46)36(61-39)35(53)30(49)24-44-32(51)22-27-6-8-28(9-7-27)37(40)41/h6-9,29-30,34-37,46,48-49,53H,2-5,10-25H2,1H3,(H,42,47)(H,43,50)(H,44,51)(H,45,52)(H,54,55)/t29-,30+,34+,35+,36+,39+/m0/s1. The third kappa shape index (κ3) is 21.6. The molecule has 1 heterocycles. The third-order valence-electron chi connectivity index (χ3n) is 9.14. The molecule has 0 aromatic heterocycles. The monoisotopic (exact) mass is 880 g/mol. The summed E-state index contributed by atoms with van der Waals surface area (Å²) < 4.78 is 58.5. The minimum Gasteiger partial charge on any atom is -0.477 e. The molecule has 1 aliphatic heterocycles. The molecule has 1 saturated heterocycles. The molecule has 0 unspecified atom stereocenters. The van der Waals surface area contributed by atoms with Crippen LogP contribution in [-0.4, -0.2) is 177 Å². The van der Waals surface area contributed by atoms with E-state index in [9.17, 15) is 58.3 Å². The molecule has 1 fully saturated rings. The maximum atomic E-state index is 12.8. The van der Waals surface area contributed by atoms with E-state index in [1.54, 1.807) is 0 Å². The van der Waals surface area contributed by atoms with Crippen molar-refractivity contribution in [1.29, 1.82) is 0 Å². The van der Waals surface area contributed by atoms with Crippen LogP contribution in [0.15, 0.2) is 24.3 Å². The van der Waals surface area contributed by atoms with Crippen LogP contribution in [0.4, 0.5) is 8.78 Å². The molecular formula is C39H62F2N4O16. The van der Waals surface area contributed by atoms with Gasteiger partial charge in [0, 0.05) is 45.0 Å². The number of carboxylic acids is 1. The number of hydrogen-bond acceptors (Lipinski definition) is 15. The molecule has 348 valence electrons. The van der Waals surface area contributed by atoms with Gasteiger partial charge in [-0.2, -0.15) is 0 Å². The molecule has 61 heavy (non-hydrogen) atoms. The summed E-state index contributed by atoms with van der Waals surface area (Å²) in [7, 11) is 0. The number of carbonyl (C=O) groups excluding carboxylic acids is 4. The Kier molecular flexibility index (Phi) is 26.3. The number of amides is 4. The van der Waals surface area contributed by atoms with Crippen LogP contribution in [0.2, 0.25) is 0 Å². The Balaban J connectivity index is 1.68. The molecule has 1 aromatic rings. The summed E-state index contributed by atoms with van der Waals surface area (Å²) in [5.41, 5.74) is 0.166. The SMILES string of the molecule is CC(=O)NCCOCCOCCOCCOCCC(=O)NCCCCCCO[C@]1(C(=O)O)C[C@H](O)[C@@H](NC(=O)CO)[C@H]([C@H](O)[C@H](O)CNC(=O)Cc2ccc(C(F)F)cc2)O1. The summed E-state index contributed by atoms with van der Waals surface area (Å²) >= 11 is 0. The van der Waals surface area contributed by atoms with Crippen LogP contribution in [-0.2, 0) is 58.8 Å². The van der Waals surface area contributed by atoms with Gasteiger partial charge in [0.05, 0.1) is 84.1 Å². The number of carboxylic acid groups (broad SMARTS) is 1. The van der Waals surface area contributed by atoms with Crippen LogP contribution in [0, 0.1) is 0 Å². The number of carbonyl (C=O) groups is 5. The van der Waals surface area contributed by atoms with Crippen molar-refractivity contribution >= 4 is 29.6 Å². The largest absolute Gasteiger partial charge is 0.477 e. The fourth-order valence-corrected chi connectivity index (χ4v) is 5.89. The van der Waals surface area contributed by atoms with Crippen LogP contribution in [0.5, 0.6) is 0 Å². The van der Waals surface area contributed by atoms with Gasteiger partial charge in [-0.3, -0.25) is 19.2 Å². The van der Waals surface area contributed by atoms with E-state index >= 15 is 0 Å². The molecule has 4 amide bonds. The lowest BCUT2D eigenvalue weighted by molar-refractivity contribution is -0.310. The zero-order valence-electron chi connectivity index (χ0n) is 34.4. The quantitative estimate of drug-likeness (QED) is 0.0371. The second kappa shape index (κ2) is 30.1. The van der Waals surface area contributed by atoms with Crippen LogP contribution in [0.1, 0.15) is 63.0 Å². The molecule has 0 radical (unpaired) electrons. The first kappa shape index (κ1) is 53.2. The van der Waals surface area contributed by atoms with Gasteiger partial charge in [-0.25, -0.2) is 13.6 Å². The number of benzene rings is 1. The van der Waals surface area contributed by atoms with Gasteiger partial charge < -0.3 is 75.2 Å². The van der Waals surface area contributed by atoms with Gasteiger partial charge >= 0.3 is 5.97 Å². The lowest BCUT2D eigenvalue weighted by Gasteiger charge is -2.46. The minimum absolute atomic E-state index is 0.111. The highest BCUT2D eigenvalue weighted by Gasteiger charge is 2.55. The molecule has 0 aliphatic carbocycles. The summed E-state index contributed by atoms with van der Waals surface area (Å²) in [6.45, 7) is 3.37. The van der Waals surface area contributed by atoms with Gasteiger partial charge in [0.25, 0.3) is 12.2 Å². The smallest absolute Gasteiger partial charge is 0.364 e. The molecule has 6 atom stereocenters. The lowest BCUT2D eigenvalue weighted by atomic mass is 9.88. The summed E-state index contributed by atoms with van der Waals surface area (Å²) in [5.74, 6) is -6.10. The fraction of sp³-hybridized carbons (Fsp3) is 0.718. The molecule has 0 spiro atoms. The zero-order valence-corrected chi connectivity index (χ0v) is 34.4. The van der Waals surface area contributed by atoms with Crippen molar-refractivity contribution in [3.8, 4) is 0 Å². The summed E-state index contributed by atoms with van der Waals surface area (Å²) in [6.07, 6.45) is -8.63. The maximum absolute atomic E-state index is 12.8. The number of ether oxygens (including phenoxy) is 6. The summed E-state index contributed by atoms with van der Waals surface area (Å²) in [5, 5.41) is 62.2. The second-order valence-electron chi connectivity index (χ2n) is 14.0. The first-order chi connectivity index (χ1) is 29.2. The van der Waals surface area contributed by atoms with Crippen molar-refractivity contribution < 1.29 is 86.7 Å². The van der Waals surface area contributed by atoms with Gasteiger partial charge in [-0.1, -0.05) is 37.1 Å². The van der Waals surface area contributed by atoms with E-state index in [4.69, 9.17) is 28.4 Å². The van der Waals surface area contributed by atoms with Gasteiger partial charge in [0.15, 0.2) is 0 Å². The Labute approximate surface area is 352 Å². The molecule has 20 nitrogen and oxygen atoms in total. The van der Waals surface area contributed by atoms with Crippen molar-refractivity contribution in [2.24, 2.45) is 0 Å². The summed E-state index contributed by atoms with van der Waals surface area (Å²) in [4.78, 5) is 59.9. The Morgan fingerprint density at radius 1 is 0.787 bits per heavy atom. The average Bonchev–Trinajstić information content (AvgIpc) is 3.22. The van der Waals surface area contributed by atoms with Gasteiger partial charge in [-0.05, 0) is 18.4 Å². The number of aliphatic hydroxyl groups is 4. The highest BCUT2D eigenvalue weighted by atomic mass is 19.3. The first-order valence-corrected chi connectivity index (χ1v) is 20.1. The van der Waals surface area contributed by atoms with E-state index in [1.807, 2.05) is 0 Å². The van der Waals surface area contributed by atoms with Gasteiger partial charge in [0.1, 0.15) is 18.8 Å². The van der Waals surface area contributed by atoms with E-state index in [0.29, 0.717) is 90.6 Å². The Hall–Kier alpha value is -3.97. The molecule has 2 rings (SSSR count). The van der Waals surface area contributed by atoms with E-state index in [1.165, 1.54) is 31.2 Å². The maximum Gasteiger partial charge on any atom is 0.364 e. The van der Waals surface area contributed by atoms with Crippen molar-refractivity contribution in [2.45, 2.75) is 94.5 Å². The number of nitrogens with one attached hydrogen (secondary N) is 4. The van der Waals surface area contributed by atoms with E-state index in [2.05, 4.69) is 21.3 Å². The lowest BCUT2D eigenvalue weighted by Crippen LogP contribution is -2.68. The van der Waals surface area contributed by atoms with Gasteiger partial charge in [0.2, 0.25) is 23.6 Å². The fourth-order valence-electron chi connectivity index (χ4n) is 5.89. The van der Waals surface area contributed by atoms with Crippen molar-refractivity contribution in [3.63, 3.8) is 0 Å². The first-order valence-electron chi connectivity index (χ1n) is 20.1. The molecule has 22 heteroatoms. The number of aliphatic carboxylic acids is 1. The predicted molar refractivity (Wildman–Crippen MR) is 209 cm³/mol. The highest BCUT2D eigenvalue weighted by molar-refractivity contribution is 5.79. The topological polar surface area (TPSA) is 290 Å². The number of hydrogen-bond donors (Lipinski definition) is 9. The Morgan fingerprint density at radius 3 is 1.98 bits per heavy atom. The van der Waals surface area contributed by atoms with Crippen molar-refractivity contribution in [3.05, 3.63) is 35.4 Å². The second-order valence-corrected chi connectivity index (χ2v) is 14.0. The number of aliphatic hydroxyl groups excluding tert-OH is 4. The normalized spacial score (nSPS) is 19.8. The van der Waals surface area contributed by atoms with E-state index in [-0.39, 0.29) is 43.4 Å². The molecule has 1 aliphatic rings. The number of rotatable bonds is 33. The van der Waals surface area contributed by atoms with E-state index < -0.39 is 80.0 Å². The Bertz CT molecular complexity index is 1450. The molecule has 9 N–H and O–H groups in total. The summed E-state index contributed by atoms with van der Waals surface area (Å²) in [6, 6.07) is 3.50. The number of alkyl halides is 2. The van der Waals surface area contributed by atoms with Crippen LogP contribution >= 0.6 is 0 Å². The molecule has 0 saturated carbocycles. The van der Waals surface area contributed by atoms with Crippen molar-refractivity contribution in [1.82, 2.24) is 21.3 Å². The van der Waals surface area contributed by atoms with Crippen LogP contribution in [0.3, 0.4) is 0 Å². The van der Waals surface area contributed by atoms with Crippen LogP contribution in [0.25, 0.3) is 0 Å². The van der Waals surface area contributed by atoms with Crippen molar-refractivity contribution in [2.75, 3.05) is 85.7 Å². The van der Waals surface area contributed by atoms with Gasteiger partial charge in [-0.15, -0.1) is 0 Å². The molecule has 0 bridgehead atoms. The minimum atomic E-state index is -2.68. The van der Waals surface area contributed by atoms with Crippen LogP contribution < -0.4 is 21.3 Å². The number of unbranched alkanes of at least 4 members (excludes halogenated alkanes) is 3. The Morgan fingerprint density at radius 2 is 1.39 bits per heavy atom. The number of halogens is 2. The third-order valence-corrected chi connectivity index (χ3v) is 9.14. The molecule has 1 aromatic carbocycles.